The van der Waals surface area contributed by atoms with E-state index < -0.39 is 0 Å². The zero-order valence-electron chi connectivity index (χ0n) is 14.3. The standard InChI is InChI=1S/C25H20/c1-19-15-17-21(18-16-19)23-12-6-8-14-25(23)24-13-7-5-11-22(24)20-9-3-2-4-10-20/h2-18H,1H3. The molecule has 0 saturated heterocycles. The number of hydrogen-bond acceptors (Lipinski definition) is 0. The van der Waals surface area contributed by atoms with E-state index >= 15 is 0 Å². The van der Waals surface area contributed by atoms with Crippen LogP contribution in [0.3, 0.4) is 0 Å². The first-order valence-electron chi connectivity index (χ1n) is 8.64. The Labute approximate surface area is 149 Å². The Bertz CT molecular complexity index is 980. The second-order valence-corrected chi connectivity index (χ2v) is 6.32. The zero-order valence-corrected chi connectivity index (χ0v) is 14.3. The van der Waals surface area contributed by atoms with Crippen LogP contribution in [0.4, 0.5) is 0 Å². The summed E-state index contributed by atoms with van der Waals surface area (Å²) in [6, 6.07) is 36.7. The van der Waals surface area contributed by atoms with Crippen LogP contribution in [0.5, 0.6) is 0 Å². The molecule has 0 bridgehead atoms. The molecule has 4 aromatic rings. The minimum absolute atomic E-state index is 1.25. The minimum atomic E-state index is 1.25. The zero-order chi connectivity index (χ0) is 17.1. The van der Waals surface area contributed by atoms with Crippen molar-refractivity contribution in [2.45, 2.75) is 6.92 Å². The van der Waals surface area contributed by atoms with E-state index in [-0.39, 0.29) is 0 Å². The molecule has 0 aromatic heterocycles. The van der Waals surface area contributed by atoms with Crippen molar-refractivity contribution in [1.29, 1.82) is 0 Å². The SMILES string of the molecule is Cc1ccc(-c2ccccc2-c2ccccc2-c2ccccc2)cc1. The summed E-state index contributed by atoms with van der Waals surface area (Å²) < 4.78 is 0. The van der Waals surface area contributed by atoms with E-state index in [1.807, 2.05) is 0 Å². The summed E-state index contributed by atoms with van der Waals surface area (Å²) in [5, 5.41) is 0. The molecule has 0 amide bonds. The first-order chi connectivity index (χ1) is 12.3. The van der Waals surface area contributed by atoms with Crippen LogP contribution in [0.1, 0.15) is 5.56 Å². The van der Waals surface area contributed by atoms with Crippen molar-refractivity contribution >= 4 is 0 Å². The van der Waals surface area contributed by atoms with Crippen LogP contribution in [-0.4, -0.2) is 0 Å². The summed E-state index contributed by atoms with van der Waals surface area (Å²) in [6.07, 6.45) is 0. The van der Waals surface area contributed by atoms with E-state index in [1.54, 1.807) is 0 Å². The fraction of sp³-hybridized carbons (Fsp3) is 0.0400. The summed E-state index contributed by atoms with van der Waals surface area (Å²) in [5.41, 5.74) is 8.86. The first-order valence-corrected chi connectivity index (χ1v) is 8.64. The Morgan fingerprint density at radius 1 is 0.360 bits per heavy atom. The lowest BCUT2D eigenvalue weighted by atomic mass is 9.89. The summed E-state index contributed by atoms with van der Waals surface area (Å²) in [5.74, 6) is 0. The molecule has 4 aromatic carbocycles. The van der Waals surface area contributed by atoms with Crippen molar-refractivity contribution < 1.29 is 0 Å². The van der Waals surface area contributed by atoms with Gasteiger partial charge >= 0.3 is 0 Å². The van der Waals surface area contributed by atoms with Crippen molar-refractivity contribution in [1.82, 2.24) is 0 Å². The molecule has 0 spiro atoms. The third-order valence-electron chi connectivity index (χ3n) is 4.59. The molecule has 0 nitrogen and oxygen atoms in total. The van der Waals surface area contributed by atoms with Gasteiger partial charge in [0.2, 0.25) is 0 Å². The third-order valence-corrected chi connectivity index (χ3v) is 4.59. The topological polar surface area (TPSA) is 0 Å². The average Bonchev–Trinajstić information content (AvgIpc) is 2.69. The largest absolute Gasteiger partial charge is 0.0622 e. The highest BCUT2D eigenvalue weighted by molar-refractivity contribution is 5.91. The molecule has 0 aliphatic carbocycles. The predicted molar refractivity (Wildman–Crippen MR) is 107 cm³/mol. The summed E-state index contributed by atoms with van der Waals surface area (Å²) in [7, 11) is 0. The van der Waals surface area contributed by atoms with Gasteiger partial charge in [0, 0.05) is 0 Å². The van der Waals surface area contributed by atoms with Gasteiger partial charge < -0.3 is 0 Å². The molecule has 0 N–H and O–H groups in total. The summed E-state index contributed by atoms with van der Waals surface area (Å²) >= 11 is 0. The van der Waals surface area contributed by atoms with E-state index in [1.165, 1.54) is 38.9 Å². The lowest BCUT2D eigenvalue weighted by molar-refractivity contribution is 1.47. The van der Waals surface area contributed by atoms with E-state index in [2.05, 4.69) is 110 Å². The summed E-state index contributed by atoms with van der Waals surface area (Å²) in [6.45, 7) is 2.13. The van der Waals surface area contributed by atoms with Gasteiger partial charge in [-0.05, 0) is 40.3 Å². The Kier molecular flexibility index (Phi) is 4.18. The van der Waals surface area contributed by atoms with E-state index in [4.69, 9.17) is 0 Å². The first kappa shape index (κ1) is 15.4. The second-order valence-electron chi connectivity index (χ2n) is 6.32. The molecule has 0 heterocycles. The third kappa shape index (κ3) is 3.12. The molecule has 0 unspecified atom stereocenters. The Balaban J connectivity index is 1.91. The lowest BCUT2D eigenvalue weighted by Gasteiger charge is -2.14. The number of benzene rings is 4. The Morgan fingerprint density at radius 2 is 0.760 bits per heavy atom. The molecule has 120 valence electrons. The Morgan fingerprint density at radius 3 is 1.28 bits per heavy atom. The molecule has 0 aliphatic heterocycles. The van der Waals surface area contributed by atoms with Gasteiger partial charge in [0.1, 0.15) is 0 Å². The molecular weight excluding hydrogens is 300 g/mol. The second kappa shape index (κ2) is 6.78. The molecule has 0 radical (unpaired) electrons. The predicted octanol–water partition coefficient (Wildman–Crippen LogP) is 7.00. The van der Waals surface area contributed by atoms with Gasteiger partial charge in [-0.3, -0.25) is 0 Å². The molecule has 0 saturated carbocycles. The number of rotatable bonds is 3. The summed E-state index contributed by atoms with van der Waals surface area (Å²) in [4.78, 5) is 0. The van der Waals surface area contributed by atoms with Crippen LogP contribution in [0.15, 0.2) is 103 Å². The highest BCUT2D eigenvalue weighted by Gasteiger charge is 2.11. The van der Waals surface area contributed by atoms with Crippen LogP contribution >= 0.6 is 0 Å². The van der Waals surface area contributed by atoms with E-state index in [9.17, 15) is 0 Å². The van der Waals surface area contributed by atoms with Crippen molar-refractivity contribution in [2.75, 3.05) is 0 Å². The van der Waals surface area contributed by atoms with Gasteiger partial charge in [0.15, 0.2) is 0 Å². The maximum absolute atomic E-state index is 2.22. The smallest absolute Gasteiger partial charge is 0.00992 e. The average molecular weight is 320 g/mol. The fourth-order valence-electron chi connectivity index (χ4n) is 3.29. The van der Waals surface area contributed by atoms with Crippen molar-refractivity contribution in [3.63, 3.8) is 0 Å². The van der Waals surface area contributed by atoms with E-state index in [0.717, 1.165) is 0 Å². The molecule has 25 heavy (non-hydrogen) atoms. The lowest BCUT2D eigenvalue weighted by Crippen LogP contribution is -1.89. The molecule has 0 fully saturated rings. The van der Waals surface area contributed by atoms with Gasteiger partial charge in [-0.15, -0.1) is 0 Å². The monoisotopic (exact) mass is 320 g/mol. The van der Waals surface area contributed by atoms with Gasteiger partial charge in [-0.1, -0.05) is 109 Å². The molecule has 0 heteroatoms. The van der Waals surface area contributed by atoms with Crippen LogP contribution in [0.25, 0.3) is 33.4 Å². The van der Waals surface area contributed by atoms with Crippen molar-refractivity contribution in [3.05, 3.63) is 109 Å². The minimum Gasteiger partial charge on any atom is -0.0622 e. The van der Waals surface area contributed by atoms with Crippen LogP contribution in [-0.2, 0) is 0 Å². The number of aryl methyl sites for hydroxylation is 1. The fourth-order valence-corrected chi connectivity index (χ4v) is 3.29. The van der Waals surface area contributed by atoms with Crippen LogP contribution in [0, 0.1) is 6.92 Å². The highest BCUT2D eigenvalue weighted by atomic mass is 14.1. The molecular formula is C25H20. The highest BCUT2D eigenvalue weighted by Crippen LogP contribution is 2.37. The van der Waals surface area contributed by atoms with Crippen molar-refractivity contribution in [2.24, 2.45) is 0 Å². The van der Waals surface area contributed by atoms with Gasteiger partial charge in [0.25, 0.3) is 0 Å². The normalized spacial score (nSPS) is 10.6. The molecule has 0 atom stereocenters. The van der Waals surface area contributed by atoms with Crippen LogP contribution in [0.2, 0.25) is 0 Å². The van der Waals surface area contributed by atoms with Gasteiger partial charge in [-0.2, -0.15) is 0 Å². The Hall–Kier alpha value is -3.12. The maximum atomic E-state index is 2.22. The molecule has 0 aliphatic rings. The van der Waals surface area contributed by atoms with Gasteiger partial charge in [-0.25, -0.2) is 0 Å². The van der Waals surface area contributed by atoms with E-state index in [0.29, 0.717) is 0 Å². The van der Waals surface area contributed by atoms with Crippen molar-refractivity contribution in [3.8, 4) is 33.4 Å². The van der Waals surface area contributed by atoms with Gasteiger partial charge in [0.05, 0.1) is 0 Å². The van der Waals surface area contributed by atoms with Crippen LogP contribution < -0.4 is 0 Å². The number of hydrogen-bond donors (Lipinski definition) is 0. The quantitative estimate of drug-likeness (QED) is 0.381. The molecule has 4 rings (SSSR count). The maximum Gasteiger partial charge on any atom is -0.00992 e.